The molecule has 1 aromatic heterocycles. The normalized spacial score (nSPS) is 21.5. The molecule has 0 saturated carbocycles. The zero-order valence-corrected chi connectivity index (χ0v) is 15.3. The van der Waals surface area contributed by atoms with Crippen molar-refractivity contribution in [3.8, 4) is 0 Å². The third kappa shape index (κ3) is 4.46. The van der Waals surface area contributed by atoms with Crippen LogP contribution in [0.15, 0.2) is 48.7 Å². The highest BCUT2D eigenvalue weighted by molar-refractivity contribution is 5.91. The van der Waals surface area contributed by atoms with Crippen LogP contribution in [0.25, 0.3) is 0 Å². The van der Waals surface area contributed by atoms with Gasteiger partial charge in [-0.25, -0.2) is 5.48 Å². The van der Waals surface area contributed by atoms with Crippen LogP contribution in [0.4, 0.5) is 0 Å². The Labute approximate surface area is 154 Å². The number of hydrogen-bond acceptors (Lipinski definition) is 5. The molecule has 0 spiro atoms. The van der Waals surface area contributed by atoms with Crippen LogP contribution in [0.2, 0.25) is 0 Å². The molecule has 0 radical (unpaired) electrons. The lowest BCUT2D eigenvalue weighted by Crippen LogP contribution is -2.55. The van der Waals surface area contributed by atoms with Gasteiger partial charge in [0.25, 0.3) is 5.91 Å². The fraction of sp³-hybridized carbons (Fsp3) is 0.400. The summed E-state index contributed by atoms with van der Waals surface area (Å²) in [6.45, 7) is 8.33. The van der Waals surface area contributed by atoms with Crippen molar-refractivity contribution in [1.82, 2.24) is 20.3 Å². The lowest BCUT2D eigenvalue weighted by molar-refractivity contribution is 0.0290. The molecule has 0 bridgehead atoms. The van der Waals surface area contributed by atoms with E-state index in [1.807, 2.05) is 6.07 Å². The van der Waals surface area contributed by atoms with Crippen LogP contribution < -0.4 is 5.48 Å². The summed E-state index contributed by atoms with van der Waals surface area (Å²) in [4.78, 5) is 20.4. The predicted molar refractivity (Wildman–Crippen MR) is 99.7 cm³/mol. The fourth-order valence-electron chi connectivity index (χ4n) is 3.67. The summed E-state index contributed by atoms with van der Waals surface area (Å²) in [5.74, 6) is -0.590. The van der Waals surface area contributed by atoms with E-state index >= 15 is 0 Å². The second-order valence-corrected chi connectivity index (χ2v) is 7.04. The minimum atomic E-state index is -0.590. The zero-order valence-electron chi connectivity index (χ0n) is 15.3. The van der Waals surface area contributed by atoms with Crippen molar-refractivity contribution in [2.24, 2.45) is 0 Å². The van der Waals surface area contributed by atoms with Gasteiger partial charge in [-0.2, -0.15) is 0 Å². The molecule has 0 aliphatic carbocycles. The van der Waals surface area contributed by atoms with E-state index in [1.54, 1.807) is 17.7 Å². The van der Waals surface area contributed by atoms with Gasteiger partial charge in [0, 0.05) is 44.5 Å². The molecular formula is C20H26N4O2. The van der Waals surface area contributed by atoms with E-state index in [0.717, 1.165) is 31.7 Å². The van der Waals surface area contributed by atoms with Crippen LogP contribution in [0.1, 0.15) is 35.5 Å². The molecule has 1 aromatic carbocycles. The molecule has 1 saturated heterocycles. The Morgan fingerprint density at radius 3 is 2.35 bits per heavy atom. The Hall–Kier alpha value is -2.28. The average Bonchev–Trinajstić information content (AvgIpc) is 2.65. The average molecular weight is 354 g/mol. The van der Waals surface area contributed by atoms with E-state index in [0.29, 0.717) is 12.1 Å². The molecule has 6 heteroatoms. The number of carbonyl (C=O) groups excluding carboxylic acids is 1. The summed E-state index contributed by atoms with van der Waals surface area (Å²) in [7, 11) is 0. The number of carbonyl (C=O) groups is 1. The molecule has 2 aromatic rings. The number of hydrogen-bond donors (Lipinski definition) is 2. The zero-order chi connectivity index (χ0) is 18.5. The predicted octanol–water partition coefficient (Wildman–Crippen LogP) is 2.30. The highest BCUT2D eigenvalue weighted by atomic mass is 16.5. The number of rotatable bonds is 5. The summed E-state index contributed by atoms with van der Waals surface area (Å²) < 4.78 is 0. The van der Waals surface area contributed by atoms with Crippen LogP contribution in [0.5, 0.6) is 0 Å². The highest BCUT2D eigenvalue weighted by Crippen LogP contribution is 2.20. The fourth-order valence-corrected chi connectivity index (χ4v) is 3.67. The lowest BCUT2D eigenvalue weighted by Gasteiger charge is -2.44. The Bertz CT molecular complexity index is 708. The Morgan fingerprint density at radius 1 is 1.08 bits per heavy atom. The van der Waals surface area contributed by atoms with Crippen molar-refractivity contribution in [2.45, 2.75) is 39.0 Å². The van der Waals surface area contributed by atoms with Gasteiger partial charge >= 0.3 is 0 Å². The van der Waals surface area contributed by atoms with Crippen LogP contribution in [-0.4, -0.2) is 51.1 Å². The number of benzene rings is 1. The standard InChI is InChI=1S/C20H26N4O2/c1-15-11-23(13-18-8-9-19(21-10-18)20(25)22-26)12-16(2)24(15)14-17-6-4-3-5-7-17/h3-10,15-16,26H,11-14H2,1-2H3,(H,22,25)/t15-,16+. The maximum absolute atomic E-state index is 11.3. The first-order chi connectivity index (χ1) is 12.6. The summed E-state index contributed by atoms with van der Waals surface area (Å²) in [5.41, 5.74) is 4.23. The lowest BCUT2D eigenvalue weighted by atomic mass is 10.1. The maximum Gasteiger partial charge on any atom is 0.293 e. The van der Waals surface area contributed by atoms with E-state index < -0.39 is 5.91 Å². The third-order valence-electron chi connectivity index (χ3n) is 4.95. The summed E-state index contributed by atoms with van der Waals surface area (Å²) >= 11 is 0. The molecule has 1 aliphatic heterocycles. The van der Waals surface area contributed by atoms with Gasteiger partial charge in [-0.3, -0.25) is 24.8 Å². The third-order valence-corrected chi connectivity index (χ3v) is 4.95. The van der Waals surface area contributed by atoms with E-state index in [-0.39, 0.29) is 5.69 Å². The molecule has 138 valence electrons. The van der Waals surface area contributed by atoms with Gasteiger partial charge in [-0.1, -0.05) is 36.4 Å². The van der Waals surface area contributed by atoms with E-state index in [1.165, 1.54) is 5.56 Å². The second-order valence-electron chi connectivity index (χ2n) is 7.04. The number of nitrogens with one attached hydrogen (secondary N) is 1. The van der Waals surface area contributed by atoms with Gasteiger partial charge in [0.1, 0.15) is 5.69 Å². The van der Waals surface area contributed by atoms with E-state index in [2.05, 4.69) is 59.0 Å². The topological polar surface area (TPSA) is 68.7 Å². The monoisotopic (exact) mass is 354 g/mol. The van der Waals surface area contributed by atoms with Gasteiger partial charge in [-0.05, 0) is 31.0 Å². The smallest absolute Gasteiger partial charge is 0.293 e. The van der Waals surface area contributed by atoms with Gasteiger partial charge in [0.2, 0.25) is 0 Å². The quantitative estimate of drug-likeness (QED) is 0.637. The minimum Gasteiger partial charge on any atom is -0.296 e. The highest BCUT2D eigenvalue weighted by Gasteiger charge is 2.29. The Balaban J connectivity index is 1.59. The molecule has 26 heavy (non-hydrogen) atoms. The van der Waals surface area contributed by atoms with Crippen molar-refractivity contribution in [3.63, 3.8) is 0 Å². The van der Waals surface area contributed by atoms with E-state index in [4.69, 9.17) is 5.21 Å². The molecule has 0 unspecified atom stereocenters. The first kappa shape index (κ1) is 18.5. The van der Waals surface area contributed by atoms with Crippen molar-refractivity contribution in [3.05, 3.63) is 65.5 Å². The van der Waals surface area contributed by atoms with Gasteiger partial charge < -0.3 is 0 Å². The van der Waals surface area contributed by atoms with Crippen LogP contribution in [0.3, 0.4) is 0 Å². The van der Waals surface area contributed by atoms with Crippen molar-refractivity contribution in [2.75, 3.05) is 13.1 Å². The second kappa shape index (κ2) is 8.40. The Kier molecular flexibility index (Phi) is 5.98. The maximum atomic E-state index is 11.3. The molecule has 1 aliphatic rings. The SMILES string of the molecule is C[C@@H]1CN(Cc2ccc(C(=O)NO)nc2)C[C@H](C)N1Cc1ccccc1. The van der Waals surface area contributed by atoms with Crippen LogP contribution >= 0.6 is 0 Å². The molecule has 6 nitrogen and oxygen atoms in total. The number of pyridine rings is 1. The number of piperazine rings is 1. The summed E-state index contributed by atoms with van der Waals surface area (Å²) in [6.07, 6.45) is 1.70. The molecule has 2 heterocycles. The van der Waals surface area contributed by atoms with E-state index in [9.17, 15) is 4.79 Å². The van der Waals surface area contributed by atoms with Crippen molar-refractivity contribution >= 4 is 5.91 Å². The molecule has 2 N–H and O–H groups in total. The molecule has 2 atom stereocenters. The van der Waals surface area contributed by atoms with Crippen molar-refractivity contribution in [1.29, 1.82) is 0 Å². The first-order valence-electron chi connectivity index (χ1n) is 8.98. The first-order valence-corrected chi connectivity index (χ1v) is 8.98. The van der Waals surface area contributed by atoms with Gasteiger partial charge in [0.15, 0.2) is 0 Å². The number of aromatic nitrogens is 1. The van der Waals surface area contributed by atoms with Crippen LogP contribution in [-0.2, 0) is 13.1 Å². The summed E-state index contributed by atoms with van der Waals surface area (Å²) in [6, 6.07) is 15.1. The van der Waals surface area contributed by atoms with Gasteiger partial charge in [0.05, 0.1) is 0 Å². The molecule has 1 fully saturated rings. The van der Waals surface area contributed by atoms with Crippen LogP contribution in [0, 0.1) is 0 Å². The largest absolute Gasteiger partial charge is 0.296 e. The number of hydroxylamine groups is 1. The molecular weight excluding hydrogens is 328 g/mol. The van der Waals surface area contributed by atoms with Crippen molar-refractivity contribution < 1.29 is 10.0 Å². The number of amides is 1. The number of nitrogens with zero attached hydrogens (tertiary/aromatic N) is 3. The molecule has 1 amide bonds. The molecule has 3 rings (SSSR count). The summed E-state index contributed by atoms with van der Waals surface area (Å²) in [5, 5.41) is 8.66. The minimum absolute atomic E-state index is 0.214. The Morgan fingerprint density at radius 2 is 1.77 bits per heavy atom. The van der Waals surface area contributed by atoms with Gasteiger partial charge in [-0.15, -0.1) is 0 Å².